The smallest absolute Gasteiger partial charge is 0.306 e. The fourth-order valence-corrected chi connectivity index (χ4v) is 3.81. The second-order valence-electron chi connectivity index (χ2n) is 6.61. The lowest BCUT2D eigenvalue weighted by Crippen LogP contribution is -2.30. The highest BCUT2D eigenvalue weighted by atomic mass is 16.5. The lowest BCUT2D eigenvalue weighted by molar-refractivity contribution is -0.144. The summed E-state index contributed by atoms with van der Waals surface area (Å²) in [6, 6.07) is 11.3. The van der Waals surface area contributed by atoms with Crippen molar-refractivity contribution in [1.29, 1.82) is 0 Å². The van der Waals surface area contributed by atoms with E-state index in [2.05, 4.69) is 49.3 Å². The Balaban J connectivity index is 1.93. The SMILES string of the molecule is CCOC(=O)CC1CCC(C(c2ccccc2)N(C)C)CC1. The highest BCUT2D eigenvalue weighted by Gasteiger charge is 2.30. The number of ether oxygens (including phenoxy) is 1. The number of esters is 1. The molecule has 122 valence electrons. The summed E-state index contributed by atoms with van der Waals surface area (Å²) in [6.07, 6.45) is 5.27. The lowest BCUT2D eigenvalue weighted by Gasteiger charge is -2.37. The van der Waals surface area contributed by atoms with Gasteiger partial charge in [-0.05, 0) is 64.1 Å². The molecule has 0 N–H and O–H groups in total. The molecule has 3 nitrogen and oxygen atoms in total. The predicted molar refractivity (Wildman–Crippen MR) is 89.6 cm³/mol. The highest BCUT2D eigenvalue weighted by molar-refractivity contribution is 5.69. The first kappa shape index (κ1) is 17.0. The van der Waals surface area contributed by atoms with E-state index in [-0.39, 0.29) is 5.97 Å². The molecule has 1 fully saturated rings. The Morgan fingerprint density at radius 1 is 1.18 bits per heavy atom. The Hall–Kier alpha value is -1.35. The third-order valence-electron chi connectivity index (χ3n) is 4.80. The van der Waals surface area contributed by atoms with Gasteiger partial charge in [-0.3, -0.25) is 4.79 Å². The van der Waals surface area contributed by atoms with Gasteiger partial charge < -0.3 is 9.64 Å². The summed E-state index contributed by atoms with van der Waals surface area (Å²) in [5.74, 6) is 1.16. The third-order valence-corrected chi connectivity index (χ3v) is 4.80. The molecule has 1 saturated carbocycles. The normalized spacial score (nSPS) is 23.3. The maximum atomic E-state index is 11.6. The number of benzene rings is 1. The van der Waals surface area contributed by atoms with Gasteiger partial charge >= 0.3 is 5.97 Å². The minimum absolute atomic E-state index is 0.0295. The number of carbonyl (C=O) groups excluding carboxylic acids is 1. The van der Waals surface area contributed by atoms with Gasteiger partial charge in [-0.2, -0.15) is 0 Å². The fourth-order valence-electron chi connectivity index (χ4n) is 3.81. The molecule has 22 heavy (non-hydrogen) atoms. The van der Waals surface area contributed by atoms with Crippen molar-refractivity contribution in [2.45, 2.75) is 45.1 Å². The van der Waals surface area contributed by atoms with Gasteiger partial charge in [0.25, 0.3) is 0 Å². The van der Waals surface area contributed by atoms with Crippen LogP contribution in [0.3, 0.4) is 0 Å². The van der Waals surface area contributed by atoms with E-state index < -0.39 is 0 Å². The van der Waals surface area contributed by atoms with Crippen molar-refractivity contribution in [3.05, 3.63) is 35.9 Å². The Kier molecular flexibility index (Phi) is 6.44. The van der Waals surface area contributed by atoms with Crippen LogP contribution in [0.15, 0.2) is 30.3 Å². The number of rotatable bonds is 6. The summed E-state index contributed by atoms with van der Waals surface area (Å²) >= 11 is 0. The first-order valence-corrected chi connectivity index (χ1v) is 8.48. The third kappa shape index (κ3) is 4.57. The van der Waals surface area contributed by atoms with E-state index in [1.165, 1.54) is 18.4 Å². The molecular formula is C19H29NO2. The zero-order chi connectivity index (χ0) is 15.9. The number of nitrogens with zero attached hydrogens (tertiary/aromatic N) is 1. The van der Waals surface area contributed by atoms with Crippen LogP contribution in [0.5, 0.6) is 0 Å². The van der Waals surface area contributed by atoms with Crippen LogP contribution < -0.4 is 0 Å². The zero-order valence-corrected chi connectivity index (χ0v) is 14.1. The van der Waals surface area contributed by atoms with Crippen molar-refractivity contribution in [1.82, 2.24) is 4.90 Å². The Morgan fingerprint density at radius 2 is 1.82 bits per heavy atom. The molecule has 0 amide bonds. The molecule has 1 atom stereocenters. The lowest BCUT2D eigenvalue weighted by atomic mass is 9.75. The first-order chi connectivity index (χ1) is 10.6. The van der Waals surface area contributed by atoms with Crippen LogP contribution in [0.25, 0.3) is 0 Å². The van der Waals surface area contributed by atoms with Gasteiger partial charge in [0.05, 0.1) is 6.61 Å². The molecule has 1 aliphatic carbocycles. The van der Waals surface area contributed by atoms with Crippen molar-refractivity contribution in [2.75, 3.05) is 20.7 Å². The minimum atomic E-state index is -0.0295. The molecule has 1 unspecified atom stereocenters. The van der Waals surface area contributed by atoms with Gasteiger partial charge in [0, 0.05) is 12.5 Å². The zero-order valence-electron chi connectivity index (χ0n) is 14.1. The van der Waals surface area contributed by atoms with Gasteiger partial charge in [0.2, 0.25) is 0 Å². The molecule has 0 aromatic heterocycles. The Morgan fingerprint density at radius 3 is 2.36 bits per heavy atom. The van der Waals surface area contributed by atoms with Crippen molar-refractivity contribution in [3.63, 3.8) is 0 Å². The summed E-state index contributed by atoms with van der Waals surface area (Å²) in [7, 11) is 4.34. The highest BCUT2D eigenvalue weighted by Crippen LogP contribution is 2.40. The van der Waals surface area contributed by atoms with Gasteiger partial charge in [-0.25, -0.2) is 0 Å². The Bertz CT molecular complexity index is 450. The van der Waals surface area contributed by atoms with Crippen LogP contribution in [-0.2, 0) is 9.53 Å². The molecule has 1 aliphatic rings. The average molecular weight is 303 g/mol. The average Bonchev–Trinajstić information content (AvgIpc) is 2.50. The quantitative estimate of drug-likeness (QED) is 0.743. The van der Waals surface area contributed by atoms with Crippen LogP contribution >= 0.6 is 0 Å². The molecule has 0 radical (unpaired) electrons. The molecule has 0 aliphatic heterocycles. The van der Waals surface area contributed by atoms with E-state index in [0.717, 1.165) is 12.8 Å². The van der Waals surface area contributed by atoms with Gasteiger partial charge in [0.1, 0.15) is 0 Å². The summed E-state index contributed by atoms with van der Waals surface area (Å²) < 4.78 is 5.08. The fraction of sp³-hybridized carbons (Fsp3) is 0.632. The van der Waals surface area contributed by atoms with E-state index in [9.17, 15) is 4.79 Å². The number of carbonyl (C=O) groups is 1. The maximum Gasteiger partial charge on any atom is 0.306 e. The van der Waals surface area contributed by atoms with E-state index in [1.807, 2.05) is 6.92 Å². The minimum Gasteiger partial charge on any atom is -0.466 e. The number of hydrogen-bond acceptors (Lipinski definition) is 3. The molecular weight excluding hydrogens is 274 g/mol. The second-order valence-corrected chi connectivity index (χ2v) is 6.61. The molecule has 0 bridgehead atoms. The van der Waals surface area contributed by atoms with E-state index >= 15 is 0 Å². The Labute approximate surface area is 134 Å². The van der Waals surface area contributed by atoms with Crippen molar-refractivity contribution in [3.8, 4) is 0 Å². The van der Waals surface area contributed by atoms with E-state index in [1.54, 1.807) is 0 Å². The summed E-state index contributed by atoms with van der Waals surface area (Å²) in [5, 5.41) is 0. The van der Waals surface area contributed by atoms with Crippen molar-refractivity contribution >= 4 is 5.97 Å². The van der Waals surface area contributed by atoms with Gasteiger partial charge in [-0.1, -0.05) is 30.3 Å². The van der Waals surface area contributed by atoms with Crippen molar-refractivity contribution < 1.29 is 9.53 Å². The van der Waals surface area contributed by atoms with Crippen LogP contribution in [-0.4, -0.2) is 31.6 Å². The summed E-state index contributed by atoms with van der Waals surface area (Å²) in [4.78, 5) is 14.0. The molecule has 1 aromatic rings. The summed E-state index contributed by atoms with van der Waals surface area (Å²) in [6.45, 7) is 2.36. The molecule has 0 heterocycles. The van der Waals surface area contributed by atoms with Crippen LogP contribution in [0.1, 0.15) is 50.6 Å². The van der Waals surface area contributed by atoms with Crippen LogP contribution in [0.2, 0.25) is 0 Å². The predicted octanol–water partition coefficient (Wildman–Crippen LogP) is 4.05. The second kappa shape index (κ2) is 8.33. The molecule has 0 saturated heterocycles. The molecule has 2 rings (SSSR count). The monoisotopic (exact) mass is 303 g/mol. The topological polar surface area (TPSA) is 29.5 Å². The number of hydrogen-bond donors (Lipinski definition) is 0. The first-order valence-electron chi connectivity index (χ1n) is 8.48. The molecule has 3 heteroatoms. The van der Waals surface area contributed by atoms with Gasteiger partial charge in [-0.15, -0.1) is 0 Å². The van der Waals surface area contributed by atoms with Crippen molar-refractivity contribution in [2.24, 2.45) is 11.8 Å². The standard InChI is InChI=1S/C19H29NO2/c1-4-22-18(21)14-15-10-12-17(13-11-15)19(20(2)3)16-8-6-5-7-9-16/h5-9,15,17,19H,4,10-14H2,1-3H3. The van der Waals surface area contributed by atoms with Gasteiger partial charge in [0.15, 0.2) is 0 Å². The largest absolute Gasteiger partial charge is 0.466 e. The van der Waals surface area contributed by atoms with Crippen LogP contribution in [0.4, 0.5) is 0 Å². The maximum absolute atomic E-state index is 11.6. The van der Waals surface area contributed by atoms with E-state index in [0.29, 0.717) is 30.9 Å². The van der Waals surface area contributed by atoms with E-state index in [4.69, 9.17) is 4.74 Å². The molecule has 0 spiro atoms. The van der Waals surface area contributed by atoms with Crippen LogP contribution in [0, 0.1) is 11.8 Å². The molecule has 1 aromatic carbocycles. The summed E-state index contributed by atoms with van der Waals surface area (Å²) in [5.41, 5.74) is 1.40.